The molecular formula is C26H35NO3Si. The second kappa shape index (κ2) is 8.89. The van der Waals surface area contributed by atoms with Gasteiger partial charge in [-0.15, -0.1) is 0 Å². The minimum Gasteiger partial charge on any atom is -0.468 e. The zero-order chi connectivity index (χ0) is 22.1. The molecule has 1 N–H and O–H groups in total. The molecular weight excluding hydrogens is 402 g/mol. The monoisotopic (exact) mass is 437 g/mol. The highest BCUT2D eigenvalue weighted by molar-refractivity contribution is 6.99. The molecule has 4 nitrogen and oxygen atoms in total. The Bertz CT molecular complexity index is 841. The summed E-state index contributed by atoms with van der Waals surface area (Å²) in [6, 6.07) is 21.8. The number of benzene rings is 2. The van der Waals surface area contributed by atoms with E-state index in [0.29, 0.717) is 12.0 Å². The van der Waals surface area contributed by atoms with Crippen LogP contribution in [0.25, 0.3) is 0 Å². The number of hydrogen-bond donors (Lipinski definition) is 1. The first-order valence-corrected chi connectivity index (χ1v) is 13.4. The van der Waals surface area contributed by atoms with Crippen LogP contribution in [0.15, 0.2) is 60.7 Å². The van der Waals surface area contributed by atoms with Crippen molar-refractivity contribution in [3.63, 3.8) is 0 Å². The maximum atomic E-state index is 12.1. The molecule has 1 aliphatic carbocycles. The first-order chi connectivity index (χ1) is 14.8. The van der Waals surface area contributed by atoms with E-state index < -0.39 is 8.32 Å². The van der Waals surface area contributed by atoms with Crippen LogP contribution in [-0.2, 0) is 14.0 Å². The van der Waals surface area contributed by atoms with Crippen LogP contribution in [0.5, 0.6) is 0 Å². The fraction of sp³-hybridized carbons (Fsp3) is 0.500. The molecule has 31 heavy (non-hydrogen) atoms. The predicted molar refractivity (Wildman–Crippen MR) is 127 cm³/mol. The Morgan fingerprint density at radius 2 is 1.52 bits per heavy atom. The highest BCUT2D eigenvalue weighted by Gasteiger charge is 2.52. The number of fused-ring (bicyclic) bond motifs is 1. The molecule has 2 aliphatic rings. The molecule has 2 fully saturated rings. The first kappa shape index (κ1) is 22.2. The van der Waals surface area contributed by atoms with Gasteiger partial charge >= 0.3 is 5.97 Å². The molecule has 2 aromatic rings. The third kappa shape index (κ3) is 4.23. The summed E-state index contributed by atoms with van der Waals surface area (Å²) in [5.74, 6) is 0.391. The molecule has 1 heterocycles. The minimum atomic E-state index is -2.55. The van der Waals surface area contributed by atoms with Crippen molar-refractivity contribution in [2.75, 3.05) is 7.11 Å². The summed E-state index contributed by atoms with van der Waals surface area (Å²) in [5.41, 5.74) is 0. The molecule has 0 amide bonds. The Balaban J connectivity index is 1.66. The molecule has 1 saturated carbocycles. The molecule has 1 aliphatic heterocycles. The van der Waals surface area contributed by atoms with Gasteiger partial charge in [-0.3, -0.25) is 4.79 Å². The van der Waals surface area contributed by atoms with Crippen molar-refractivity contribution in [2.24, 2.45) is 5.92 Å². The largest absolute Gasteiger partial charge is 0.468 e. The molecule has 166 valence electrons. The van der Waals surface area contributed by atoms with E-state index in [1.165, 1.54) is 17.5 Å². The van der Waals surface area contributed by atoms with E-state index in [2.05, 4.69) is 86.8 Å². The van der Waals surface area contributed by atoms with Crippen molar-refractivity contribution >= 4 is 24.7 Å². The predicted octanol–water partition coefficient (Wildman–Crippen LogP) is 3.64. The number of esters is 1. The summed E-state index contributed by atoms with van der Waals surface area (Å²) in [6.45, 7) is 6.98. The van der Waals surface area contributed by atoms with Gasteiger partial charge in [0.1, 0.15) is 6.04 Å². The summed E-state index contributed by atoms with van der Waals surface area (Å²) < 4.78 is 12.3. The van der Waals surface area contributed by atoms with Crippen LogP contribution in [0, 0.1) is 5.92 Å². The van der Waals surface area contributed by atoms with Gasteiger partial charge in [0.2, 0.25) is 0 Å². The smallest absolute Gasteiger partial charge is 0.322 e. The van der Waals surface area contributed by atoms with E-state index in [1.807, 2.05) is 0 Å². The SMILES string of the molecule is COC(=O)[C@@H]1C[C@@H]2CC[C@@H](O[Si](c3ccccc3)(c3ccccc3)C(C)(C)C)C[C@@H]2N1. The second-order valence-corrected chi connectivity index (χ2v) is 14.3. The average Bonchev–Trinajstić information content (AvgIpc) is 3.20. The second-order valence-electron chi connectivity index (χ2n) is 10.1. The zero-order valence-electron chi connectivity index (χ0n) is 19.1. The normalized spacial score (nSPS) is 26.3. The van der Waals surface area contributed by atoms with Crippen LogP contribution >= 0.6 is 0 Å². The van der Waals surface area contributed by atoms with Crippen molar-refractivity contribution in [2.45, 2.75) is 69.7 Å². The van der Waals surface area contributed by atoms with Crippen LogP contribution in [0.2, 0.25) is 5.04 Å². The Kier molecular flexibility index (Phi) is 6.38. The number of nitrogens with one attached hydrogen (secondary N) is 1. The molecule has 0 radical (unpaired) electrons. The third-order valence-electron chi connectivity index (χ3n) is 7.14. The van der Waals surface area contributed by atoms with Gasteiger partial charge in [-0.1, -0.05) is 81.4 Å². The molecule has 1 saturated heterocycles. The maximum absolute atomic E-state index is 12.1. The van der Waals surface area contributed by atoms with E-state index in [0.717, 1.165) is 25.7 Å². The highest BCUT2D eigenvalue weighted by atomic mass is 28.4. The molecule has 0 spiro atoms. The number of hydrogen-bond acceptors (Lipinski definition) is 4. The van der Waals surface area contributed by atoms with Crippen molar-refractivity contribution in [3.8, 4) is 0 Å². The lowest BCUT2D eigenvalue weighted by atomic mass is 9.83. The Morgan fingerprint density at radius 1 is 0.935 bits per heavy atom. The Morgan fingerprint density at radius 3 is 2.03 bits per heavy atom. The zero-order valence-corrected chi connectivity index (χ0v) is 20.1. The summed E-state index contributed by atoms with van der Waals surface area (Å²) in [4.78, 5) is 12.1. The molecule has 0 unspecified atom stereocenters. The highest BCUT2D eigenvalue weighted by Crippen LogP contribution is 2.41. The summed E-state index contributed by atoms with van der Waals surface area (Å²) >= 11 is 0. The maximum Gasteiger partial charge on any atom is 0.322 e. The fourth-order valence-electron chi connectivity index (χ4n) is 5.66. The Hall–Kier alpha value is -1.95. The quantitative estimate of drug-likeness (QED) is 0.573. The van der Waals surface area contributed by atoms with Gasteiger partial charge < -0.3 is 14.5 Å². The van der Waals surface area contributed by atoms with Crippen LogP contribution in [0.4, 0.5) is 0 Å². The molecule has 2 aromatic carbocycles. The van der Waals surface area contributed by atoms with Crippen molar-refractivity contribution in [1.29, 1.82) is 0 Å². The van der Waals surface area contributed by atoms with Crippen molar-refractivity contribution < 1.29 is 14.0 Å². The number of carbonyl (C=O) groups excluding carboxylic acids is 1. The lowest BCUT2D eigenvalue weighted by Crippen LogP contribution is -2.68. The summed E-state index contributed by atoms with van der Waals surface area (Å²) in [7, 11) is -1.07. The van der Waals surface area contributed by atoms with Crippen LogP contribution in [0.3, 0.4) is 0 Å². The topological polar surface area (TPSA) is 47.6 Å². The van der Waals surface area contributed by atoms with Crippen molar-refractivity contribution in [3.05, 3.63) is 60.7 Å². The van der Waals surface area contributed by atoms with Crippen LogP contribution in [-0.4, -0.2) is 39.6 Å². The van der Waals surface area contributed by atoms with Gasteiger partial charge in [0.05, 0.1) is 7.11 Å². The minimum absolute atomic E-state index is 0.0236. The summed E-state index contributed by atoms with van der Waals surface area (Å²) in [5, 5.41) is 6.16. The lowest BCUT2D eigenvalue weighted by molar-refractivity contribution is -0.142. The average molecular weight is 438 g/mol. The summed E-state index contributed by atoms with van der Waals surface area (Å²) in [6.07, 6.45) is 4.14. The lowest BCUT2D eigenvalue weighted by Gasteiger charge is -2.47. The number of rotatable bonds is 5. The van der Waals surface area contributed by atoms with Gasteiger partial charge in [-0.05, 0) is 47.0 Å². The fourth-order valence-corrected chi connectivity index (χ4v) is 10.4. The first-order valence-electron chi connectivity index (χ1n) is 11.5. The van der Waals surface area contributed by atoms with E-state index in [4.69, 9.17) is 9.16 Å². The van der Waals surface area contributed by atoms with Crippen LogP contribution < -0.4 is 15.7 Å². The van der Waals surface area contributed by atoms with Crippen molar-refractivity contribution in [1.82, 2.24) is 5.32 Å². The molecule has 0 aromatic heterocycles. The van der Waals surface area contributed by atoms with E-state index in [1.54, 1.807) is 0 Å². The molecule has 4 atom stereocenters. The molecule has 5 heteroatoms. The number of ether oxygens (including phenoxy) is 1. The van der Waals surface area contributed by atoms with E-state index in [9.17, 15) is 4.79 Å². The number of methoxy groups -OCH3 is 1. The van der Waals surface area contributed by atoms with Crippen LogP contribution in [0.1, 0.15) is 46.5 Å². The van der Waals surface area contributed by atoms with Gasteiger partial charge in [-0.25, -0.2) is 0 Å². The van der Waals surface area contributed by atoms with Gasteiger partial charge in [0.25, 0.3) is 8.32 Å². The van der Waals surface area contributed by atoms with Gasteiger partial charge in [-0.2, -0.15) is 0 Å². The molecule has 0 bridgehead atoms. The Labute approximate surface area is 187 Å². The molecule has 4 rings (SSSR count). The van der Waals surface area contributed by atoms with Gasteiger partial charge in [0.15, 0.2) is 0 Å². The van der Waals surface area contributed by atoms with E-state index >= 15 is 0 Å². The van der Waals surface area contributed by atoms with Gasteiger partial charge in [0, 0.05) is 12.1 Å². The number of carbonyl (C=O) groups is 1. The van der Waals surface area contributed by atoms with E-state index in [-0.39, 0.29) is 23.2 Å². The third-order valence-corrected chi connectivity index (χ3v) is 12.2. The standard InChI is InChI=1S/C26H35NO3Si/c1-26(2,3)31(21-11-7-5-8-12-21,22-13-9-6-10-14-22)30-20-16-15-19-17-24(25(28)29-4)27-23(19)18-20/h5-14,19-20,23-24,27H,15-18H2,1-4H3/t19-,20+,23-,24-/m0/s1.